The molecule has 1 aromatic heterocycles. The zero-order chi connectivity index (χ0) is 12.0. The summed E-state index contributed by atoms with van der Waals surface area (Å²) in [5, 5.41) is 4.89. The third-order valence-corrected chi connectivity index (χ3v) is 4.35. The predicted octanol–water partition coefficient (Wildman–Crippen LogP) is 3.27. The lowest BCUT2D eigenvalue weighted by Crippen LogP contribution is -2.38. The minimum absolute atomic E-state index is 0.211. The molecule has 0 fully saturated rings. The fourth-order valence-electron chi connectivity index (χ4n) is 2.85. The second kappa shape index (κ2) is 3.79. The second-order valence-electron chi connectivity index (χ2n) is 5.38. The van der Waals surface area contributed by atoms with Gasteiger partial charge in [-0.15, -0.1) is 11.8 Å². The van der Waals surface area contributed by atoms with Gasteiger partial charge in [0.25, 0.3) is 0 Å². The quantitative estimate of drug-likeness (QED) is 0.756. The molecule has 90 valence electrons. The van der Waals surface area contributed by atoms with Gasteiger partial charge in [0.05, 0.1) is 0 Å². The molecule has 0 aliphatic carbocycles. The van der Waals surface area contributed by atoms with Crippen molar-refractivity contribution in [1.29, 1.82) is 0 Å². The molecule has 3 heteroatoms. The molecule has 1 aromatic carbocycles. The monoisotopic (exact) mass is 246 g/mol. The maximum atomic E-state index is 3.55. The van der Waals surface area contributed by atoms with E-state index in [0.717, 1.165) is 13.1 Å². The molecule has 0 saturated carbocycles. The lowest BCUT2D eigenvalue weighted by atomic mass is 9.80. The van der Waals surface area contributed by atoms with Crippen molar-refractivity contribution < 1.29 is 0 Å². The molecule has 3 rings (SSSR count). The second-order valence-corrected chi connectivity index (χ2v) is 6.26. The highest BCUT2D eigenvalue weighted by Gasteiger charge is 2.30. The van der Waals surface area contributed by atoms with Crippen molar-refractivity contribution in [3.05, 3.63) is 29.5 Å². The average molecular weight is 246 g/mol. The standard InChI is InChI=1S/C14H18N2S/c1-14(2)8-15-7-12-13(14)10-6-9(17-3)4-5-11(10)16-12/h4-6,15-16H,7-8H2,1-3H3. The van der Waals surface area contributed by atoms with E-state index in [0.29, 0.717) is 0 Å². The number of rotatable bonds is 1. The lowest BCUT2D eigenvalue weighted by molar-refractivity contribution is 0.435. The number of fused-ring (bicyclic) bond motifs is 3. The summed E-state index contributed by atoms with van der Waals surface area (Å²) in [5.41, 5.74) is 4.34. The number of aromatic nitrogens is 1. The summed E-state index contributed by atoms with van der Waals surface area (Å²) >= 11 is 1.81. The molecule has 1 aliphatic rings. The first-order chi connectivity index (χ1) is 8.12. The van der Waals surface area contributed by atoms with E-state index in [1.165, 1.54) is 27.1 Å². The van der Waals surface area contributed by atoms with E-state index in [1.54, 1.807) is 0 Å². The Morgan fingerprint density at radius 1 is 1.29 bits per heavy atom. The summed E-state index contributed by atoms with van der Waals surface area (Å²) in [6.45, 7) is 6.65. The highest BCUT2D eigenvalue weighted by atomic mass is 32.2. The Morgan fingerprint density at radius 3 is 2.88 bits per heavy atom. The van der Waals surface area contributed by atoms with Crippen molar-refractivity contribution in [3.8, 4) is 0 Å². The molecule has 0 amide bonds. The van der Waals surface area contributed by atoms with Crippen LogP contribution in [0.15, 0.2) is 23.1 Å². The molecule has 17 heavy (non-hydrogen) atoms. The van der Waals surface area contributed by atoms with Gasteiger partial charge in [-0.2, -0.15) is 0 Å². The summed E-state index contributed by atoms with van der Waals surface area (Å²) in [6.07, 6.45) is 2.13. The molecule has 0 bridgehead atoms. The Bertz CT molecular complexity index is 569. The van der Waals surface area contributed by atoms with Crippen molar-refractivity contribution in [2.45, 2.75) is 30.7 Å². The molecule has 0 atom stereocenters. The van der Waals surface area contributed by atoms with Crippen LogP contribution in [0.3, 0.4) is 0 Å². The number of H-pyrrole nitrogens is 1. The first-order valence-electron chi connectivity index (χ1n) is 6.01. The number of thioether (sulfide) groups is 1. The zero-order valence-corrected chi connectivity index (χ0v) is 11.4. The Balaban J connectivity index is 2.31. The normalized spacial score (nSPS) is 18.3. The van der Waals surface area contributed by atoms with Gasteiger partial charge in [0.1, 0.15) is 0 Å². The van der Waals surface area contributed by atoms with Gasteiger partial charge in [-0.3, -0.25) is 0 Å². The Morgan fingerprint density at radius 2 is 2.12 bits per heavy atom. The number of benzene rings is 1. The molecule has 0 spiro atoms. The first-order valence-corrected chi connectivity index (χ1v) is 7.24. The Kier molecular flexibility index (Phi) is 2.49. The average Bonchev–Trinajstić information content (AvgIpc) is 2.66. The Hall–Kier alpha value is -0.930. The van der Waals surface area contributed by atoms with Gasteiger partial charge in [0, 0.05) is 40.0 Å². The van der Waals surface area contributed by atoms with Crippen LogP contribution in [0.25, 0.3) is 10.9 Å². The van der Waals surface area contributed by atoms with Gasteiger partial charge in [-0.1, -0.05) is 13.8 Å². The summed E-state index contributed by atoms with van der Waals surface area (Å²) in [5.74, 6) is 0. The fraction of sp³-hybridized carbons (Fsp3) is 0.429. The van der Waals surface area contributed by atoms with Crippen LogP contribution in [0, 0.1) is 0 Å². The van der Waals surface area contributed by atoms with Crippen molar-refractivity contribution in [2.75, 3.05) is 12.8 Å². The van der Waals surface area contributed by atoms with Crippen LogP contribution >= 0.6 is 11.8 Å². The third kappa shape index (κ3) is 1.69. The molecule has 0 radical (unpaired) electrons. The maximum absolute atomic E-state index is 3.55. The van der Waals surface area contributed by atoms with E-state index in [2.05, 4.69) is 48.6 Å². The molecule has 0 unspecified atom stereocenters. The van der Waals surface area contributed by atoms with Gasteiger partial charge in [-0.25, -0.2) is 0 Å². The number of aromatic amines is 1. The predicted molar refractivity (Wildman–Crippen MR) is 74.8 cm³/mol. The molecule has 2 N–H and O–H groups in total. The Labute approximate surface area is 106 Å². The van der Waals surface area contributed by atoms with E-state index < -0.39 is 0 Å². The topological polar surface area (TPSA) is 27.8 Å². The van der Waals surface area contributed by atoms with Gasteiger partial charge in [0.15, 0.2) is 0 Å². The SMILES string of the molecule is CSc1ccc2[nH]c3c(c2c1)C(C)(C)CNC3. The summed E-state index contributed by atoms with van der Waals surface area (Å²) in [7, 11) is 0. The molecule has 2 aromatic rings. The van der Waals surface area contributed by atoms with E-state index in [9.17, 15) is 0 Å². The van der Waals surface area contributed by atoms with Crippen molar-refractivity contribution in [2.24, 2.45) is 0 Å². The fourth-order valence-corrected chi connectivity index (χ4v) is 3.29. The van der Waals surface area contributed by atoms with Crippen molar-refractivity contribution in [3.63, 3.8) is 0 Å². The molecule has 2 nitrogen and oxygen atoms in total. The summed E-state index contributed by atoms with van der Waals surface area (Å²) in [4.78, 5) is 4.89. The van der Waals surface area contributed by atoms with E-state index in [4.69, 9.17) is 0 Å². The minimum Gasteiger partial charge on any atom is -0.357 e. The molecule has 2 heterocycles. The van der Waals surface area contributed by atoms with Crippen molar-refractivity contribution in [1.82, 2.24) is 10.3 Å². The number of hydrogen-bond donors (Lipinski definition) is 2. The minimum atomic E-state index is 0.211. The van der Waals surface area contributed by atoms with Crippen LogP contribution in [-0.4, -0.2) is 17.8 Å². The van der Waals surface area contributed by atoms with Crippen LogP contribution < -0.4 is 5.32 Å². The highest BCUT2D eigenvalue weighted by Crippen LogP contribution is 2.37. The first kappa shape index (κ1) is 11.2. The van der Waals surface area contributed by atoms with Crippen LogP contribution in [0.4, 0.5) is 0 Å². The number of hydrogen-bond acceptors (Lipinski definition) is 2. The van der Waals surface area contributed by atoms with Gasteiger partial charge >= 0.3 is 0 Å². The third-order valence-electron chi connectivity index (χ3n) is 3.63. The van der Waals surface area contributed by atoms with Gasteiger partial charge in [0.2, 0.25) is 0 Å². The maximum Gasteiger partial charge on any atom is 0.0460 e. The van der Waals surface area contributed by atoms with Crippen molar-refractivity contribution >= 4 is 22.7 Å². The molecule has 0 saturated heterocycles. The van der Waals surface area contributed by atoms with E-state index >= 15 is 0 Å². The highest BCUT2D eigenvalue weighted by molar-refractivity contribution is 7.98. The summed E-state index contributed by atoms with van der Waals surface area (Å²) in [6, 6.07) is 6.72. The van der Waals surface area contributed by atoms with Crippen LogP contribution in [0.2, 0.25) is 0 Å². The summed E-state index contributed by atoms with van der Waals surface area (Å²) < 4.78 is 0. The smallest absolute Gasteiger partial charge is 0.0460 e. The van der Waals surface area contributed by atoms with Crippen LogP contribution in [0.5, 0.6) is 0 Å². The lowest BCUT2D eigenvalue weighted by Gasteiger charge is -2.31. The molecular weight excluding hydrogens is 228 g/mol. The van der Waals surface area contributed by atoms with Gasteiger partial charge < -0.3 is 10.3 Å². The molecule has 1 aliphatic heterocycles. The van der Waals surface area contributed by atoms with Crippen LogP contribution in [-0.2, 0) is 12.0 Å². The van der Waals surface area contributed by atoms with E-state index in [1.807, 2.05) is 11.8 Å². The number of nitrogens with one attached hydrogen (secondary N) is 2. The van der Waals surface area contributed by atoms with E-state index in [-0.39, 0.29) is 5.41 Å². The zero-order valence-electron chi connectivity index (χ0n) is 10.6. The molecular formula is C14H18N2S. The van der Waals surface area contributed by atoms with Crippen LogP contribution in [0.1, 0.15) is 25.1 Å². The van der Waals surface area contributed by atoms with Gasteiger partial charge in [-0.05, 0) is 30.0 Å². The largest absolute Gasteiger partial charge is 0.357 e.